The molecule has 5 nitrogen and oxygen atoms in total. The Labute approximate surface area is 155 Å². The largest absolute Gasteiger partial charge is 0.496 e. The molecular formula is C19H21BrN2O3. The molecule has 2 amide bonds. The highest BCUT2D eigenvalue weighted by molar-refractivity contribution is 9.10. The third kappa shape index (κ3) is 5.32. The first-order valence-electron chi connectivity index (χ1n) is 7.85. The van der Waals surface area contributed by atoms with E-state index in [-0.39, 0.29) is 18.4 Å². The number of benzene rings is 2. The van der Waals surface area contributed by atoms with Crippen molar-refractivity contribution in [3.8, 4) is 5.75 Å². The number of nitrogens with one attached hydrogen (secondary N) is 2. The molecule has 2 aromatic carbocycles. The summed E-state index contributed by atoms with van der Waals surface area (Å²) in [5.74, 6) is 0.167. The Morgan fingerprint density at radius 3 is 2.48 bits per heavy atom. The number of amides is 2. The zero-order chi connectivity index (χ0) is 18.4. The van der Waals surface area contributed by atoms with Crippen LogP contribution in [0, 0.1) is 13.8 Å². The van der Waals surface area contributed by atoms with Crippen molar-refractivity contribution in [2.45, 2.75) is 20.4 Å². The van der Waals surface area contributed by atoms with E-state index in [1.807, 2.05) is 44.2 Å². The number of hydrogen-bond acceptors (Lipinski definition) is 3. The molecular weight excluding hydrogens is 384 g/mol. The second-order valence-electron chi connectivity index (χ2n) is 5.71. The number of rotatable bonds is 6. The van der Waals surface area contributed by atoms with Gasteiger partial charge in [-0.3, -0.25) is 9.59 Å². The van der Waals surface area contributed by atoms with E-state index < -0.39 is 0 Å². The summed E-state index contributed by atoms with van der Waals surface area (Å²) in [5.41, 5.74) is 3.56. The predicted octanol–water partition coefficient (Wildman–Crippen LogP) is 3.12. The molecule has 0 aliphatic heterocycles. The Morgan fingerprint density at radius 1 is 1.04 bits per heavy atom. The van der Waals surface area contributed by atoms with Gasteiger partial charge in [-0.05, 0) is 55.3 Å². The van der Waals surface area contributed by atoms with Crippen LogP contribution >= 0.6 is 15.9 Å². The van der Waals surface area contributed by atoms with Gasteiger partial charge in [-0.2, -0.15) is 0 Å². The number of aryl methyl sites for hydroxylation is 2. The first-order chi connectivity index (χ1) is 11.9. The second-order valence-corrected chi connectivity index (χ2v) is 6.63. The normalized spacial score (nSPS) is 10.2. The molecule has 2 N–H and O–H groups in total. The number of carbonyl (C=O) groups is 2. The Hall–Kier alpha value is -2.34. The van der Waals surface area contributed by atoms with E-state index in [4.69, 9.17) is 4.74 Å². The van der Waals surface area contributed by atoms with Crippen LogP contribution in [0.15, 0.2) is 40.9 Å². The zero-order valence-corrected chi connectivity index (χ0v) is 16.1. The monoisotopic (exact) mass is 404 g/mol. The van der Waals surface area contributed by atoms with Gasteiger partial charge in [0, 0.05) is 22.1 Å². The maximum atomic E-state index is 12.1. The minimum Gasteiger partial charge on any atom is -0.496 e. The number of halogens is 1. The highest BCUT2D eigenvalue weighted by Crippen LogP contribution is 2.22. The average molecular weight is 405 g/mol. The number of methoxy groups -OCH3 is 1. The van der Waals surface area contributed by atoms with Crippen molar-refractivity contribution in [2.75, 3.05) is 13.7 Å². The van der Waals surface area contributed by atoms with Crippen molar-refractivity contribution in [3.05, 3.63) is 63.1 Å². The van der Waals surface area contributed by atoms with E-state index in [0.717, 1.165) is 21.2 Å². The van der Waals surface area contributed by atoms with Crippen LogP contribution in [-0.2, 0) is 11.3 Å². The van der Waals surface area contributed by atoms with Crippen LogP contribution in [0.2, 0.25) is 0 Å². The van der Waals surface area contributed by atoms with Gasteiger partial charge >= 0.3 is 0 Å². The third-order valence-corrected chi connectivity index (χ3v) is 4.39. The molecule has 0 atom stereocenters. The average Bonchev–Trinajstić information content (AvgIpc) is 2.60. The van der Waals surface area contributed by atoms with Gasteiger partial charge in [-0.15, -0.1) is 0 Å². The van der Waals surface area contributed by atoms with E-state index >= 15 is 0 Å². The van der Waals surface area contributed by atoms with Gasteiger partial charge in [0.1, 0.15) is 5.75 Å². The molecule has 0 aliphatic rings. The van der Waals surface area contributed by atoms with Crippen molar-refractivity contribution in [1.29, 1.82) is 0 Å². The van der Waals surface area contributed by atoms with Crippen LogP contribution < -0.4 is 15.4 Å². The standard InChI is InChI=1S/C19H21BrN2O3/c1-12-4-5-14(8-13(12)2)19(24)22-11-18(23)21-10-15-9-16(20)6-7-17(15)25-3/h4-9H,10-11H2,1-3H3,(H,21,23)(H,22,24). The molecule has 2 aromatic rings. The summed E-state index contributed by atoms with van der Waals surface area (Å²) >= 11 is 3.39. The molecule has 0 heterocycles. The molecule has 25 heavy (non-hydrogen) atoms. The summed E-state index contributed by atoms with van der Waals surface area (Å²) < 4.78 is 6.17. The first-order valence-corrected chi connectivity index (χ1v) is 8.64. The summed E-state index contributed by atoms with van der Waals surface area (Å²) in [4.78, 5) is 24.1. The minimum atomic E-state index is -0.265. The molecule has 0 fully saturated rings. The molecule has 0 aromatic heterocycles. The number of hydrogen-bond donors (Lipinski definition) is 2. The lowest BCUT2D eigenvalue weighted by Crippen LogP contribution is -2.36. The fraction of sp³-hybridized carbons (Fsp3) is 0.263. The number of carbonyl (C=O) groups excluding carboxylic acids is 2. The summed E-state index contributed by atoms with van der Waals surface area (Å²) in [6.45, 7) is 4.17. The Bertz CT molecular complexity index is 790. The van der Waals surface area contributed by atoms with Crippen LogP contribution in [0.3, 0.4) is 0 Å². The Balaban J connectivity index is 1.87. The highest BCUT2D eigenvalue weighted by Gasteiger charge is 2.10. The minimum absolute atomic E-state index is 0.0813. The van der Waals surface area contributed by atoms with Crippen molar-refractivity contribution >= 4 is 27.7 Å². The molecule has 0 radical (unpaired) electrons. The van der Waals surface area contributed by atoms with Crippen LogP contribution in [0.1, 0.15) is 27.0 Å². The van der Waals surface area contributed by atoms with Crippen LogP contribution in [-0.4, -0.2) is 25.5 Å². The van der Waals surface area contributed by atoms with Gasteiger partial charge in [-0.25, -0.2) is 0 Å². The van der Waals surface area contributed by atoms with Gasteiger partial charge in [0.2, 0.25) is 5.91 Å². The lowest BCUT2D eigenvalue weighted by molar-refractivity contribution is -0.120. The van der Waals surface area contributed by atoms with Crippen molar-refractivity contribution in [1.82, 2.24) is 10.6 Å². The molecule has 0 spiro atoms. The lowest BCUT2D eigenvalue weighted by Gasteiger charge is -2.11. The van der Waals surface area contributed by atoms with E-state index in [2.05, 4.69) is 26.6 Å². The molecule has 0 aliphatic carbocycles. The Morgan fingerprint density at radius 2 is 1.80 bits per heavy atom. The highest BCUT2D eigenvalue weighted by atomic mass is 79.9. The van der Waals surface area contributed by atoms with Crippen LogP contribution in [0.25, 0.3) is 0 Å². The van der Waals surface area contributed by atoms with Gasteiger partial charge in [0.25, 0.3) is 5.91 Å². The quantitative estimate of drug-likeness (QED) is 0.776. The van der Waals surface area contributed by atoms with Gasteiger partial charge in [-0.1, -0.05) is 22.0 Å². The number of ether oxygens (including phenoxy) is 1. The summed E-state index contributed by atoms with van der Waals surface area (Å²) in [6, 6.07) is 11.0. The molecule has 6 heteroatoms. The molecule has 0 bridgehead atoms. The Kier molecular flexibility index (Phi) is 6.58. The topological polar surface area (TPSA) is 67.4 Å². The van der Waals surface area contributed by atoms with Crippen molar-refractivity contribution in [2.24, 2.45) is 0 Å². The molecule has 0 saturated carbocycles. The fourth-order valence-electron chi connectivity index (χ4n) is 2.29. The van der Waals surface area contributed by atoms with E-state index in [1.165, 1.54) is 0 Å². The van der Waals surface area contributed by atoms with Crippen LogP contribution in [0.4, 0.5) is 0 Å². The molecule has 0 unspecified atom stereocenters. The maximum Gasteiger partial charge on any atom is 0.251 e. The van der Waals surface area contributed by atoms with E-state index in [9.17, 15) is 9.59 Å². The SMILES string of the molecule is COc1ccc(Br)cc1CNC(=O)CNC(=O)c1ccc(C)c(C)c1. The molecule has 132 valence electrons. The smallest absolute Gasteiger partial charge is 0.251 e. The summed E-state index contributed by atoms with van der Waals surface area (Å²) in [5, 5.41) is 5.40. The second kappa shape index (κ2) is 8.67. The van der Waals surface area contributed by atoms with Crippen molar-refractivity contribution in [3.63, 3.8) is 0 Å². The first kappa shape index (κ1) is 19.0. The fourth-order valence-corrected chi connectivity index (χ4v) is 2.70. The lowest BCUT2D eigenvalue weighted by atomic mass is 10.1. The van der Waals surface area contributed by atoms with Crippen LogP contribution in [0.5, 0.6) is 5.75 Å². The van der Waals surface area contributed by atoms with Crippen molar-refractivity contribution < 1.29 is 14.3 Å². The maximum absolute atomic E-state index is 12.1. The van der Waals surface area contributed by atoms with Gasteiger partial charge in [0.05, 0.1) is 13.7 Å². The van der Waals surface area contributed by atoms with E-state index in [1.54, 1.807) is 13.2 Å². The zero-order valence-electron chi connectivity index (χ0n) is 14.5. The summed E-state index contributed by atoms with van der Waals surface area (Å²) in [7, 11) is 1.58. The molecule has 2 rings (SSSR count). The van der Waals surface area contributed by atoms with Gasteiger partial charge in [0.15, 0.2) is 0 Å². The van der Waals surface area contributed by atoms with E-state index in [0.29, 0.717) is 17.9 Å². The predicted molar refractivity (Wildman–Crippen MR) is 101 cm³/mol. The third-order valence-electron chi connectivity index (χ3n) is 3.90. The molecule has 0 saturated heterocycles. The summed E-state index contributed by atoms with van der Waals surface area (Å²) in [6.07, 6.45) is 0. The van der Waals surface area contributed by atoms with Gasteiger partial charge < -0.3 is 15.4 Å².